The fourth-order valence-corrected chi connectivity index (χ4v) is 4.27. The number of nitrogens with one attached hydrogen (secondary N) is 2. The number of hydrogen-bond acceptors (Lipinski definition) is 5. The van der Waals surface area contributed by atoms with E-state index >= 15 is 0 Å². The van der Waals surface area contributed by atoms with Crippen molar-refractivity contribution in [1.29, 1.82) is 0 Å². The summed E-state index contributed by atoms with van der Waals surface area (Å²) in [5, 5.41) is 5.83. The fourth-order valence-electron chi connectivity index (χ4n) is 3.65. The van der Waals surface area contributed by atoms with Crippen molar-refractivity contribution < 1.29 is 9.59 Å². The largest absolute Gasteiger partial charge is 0.369 e. The first-order chi connectivity index (χ1) is 14.9. The van der Waals surface area contributed by atoms with E-state index in [1.165, 1.54) is 17.4 Å². The number of carbonyl (C=O) groups is 2. The molecule has 1 aliphatic heterocycles. The highest BCUT2D eigenvalue weighted by Crippen LogP contribution is 2.24. The van der Waals surface area contributed by atoms with E-state index in [-0.39, 0.29) is 23.3 Å². The molecule has 0 radical (unpaired) electrons. The zero-order valence-corrected chi connectivity index (χ0v) is 19.4. The Hall–Kier alpha value is -2.51. The molecule has 166 valence electrons. The van der Waals surface area contributed by atoms with Crippen LogP contribution in [0.5, 0.6) is 0 Å². The molecule has 1 saturated heterocycles. The number of aryl methyl sites for hydroxylation is 2. The van der Waals surface area contributed by atoms with E-state index < -0.39 is 0 Å². The molecule has 2 N–H and O–H groups in total. The number of nitrogens with zero attached hydrogens (tertiary/aromatic N) is 2. The Morgan fingerprint density at radius 3 is 2.29 bits per heavy atom. The number of thioether (sulfide) groups is 1. The minimum Gasteiger partial charge on any atom is -0.369 e. The predicted octanol–water partition coefficient (Wildman–Crippen LogP) is 3.76. The van der Waals surface area contributed by atoms with Gasteiger partial charge in [0, 0.05) is 43.2 Å². The zero-order chi connectivity index (χ0) is 22.2. The molecule has 1 heterocycles. The molecule has 1 aliphatic rings. The van der Waals surface area contributed by atoms with Crippen LogP contribution < -0.4 is 15.5 Å². The highest BCUT2D eigenvalue weighted by Gasteiger charge is 2.16. The van der Waals surface area contributed by atoms with Gasteiger partial charge in [-0.25, -0.2) is 0 Å². The van der Waals surface area contributed by atoms with Gasteiger partial charge in [-0.05, 0) is 61.9 Å². The molecule has 0 aliphatic carbocycles. The Morgan fingerprint density at radius 2 is 1.65 bits per heavy atom. The first-order valence-corrected chi connectivity index (χ1v) is 11.9. The van der Waals surface area contributed by atoms with Crippen LogP contribution in [0.15, 0.2) is 42.5 Å². The van der Waals surface area contributed by atoms with E-state index in [0.29, 0.717) is 0 Å². The molecule has 0 unspecified atom stereocenters. The number of amides is 2. The van der Waals surface area contributed by atoms with Crippen LogP contribution in [0.3, 0.4) is 0 Å². The fraction of sp³-hybridized carbons (Fsp3) is 0.417. The quantitative estimate of drug-likeness (QED) is 0.654. The number of benzene rings is 2. The monoisotopic (exact) mass is 440 g/mol. The summed E-state index contributed by atoms with van der Waals surface area (Å²) in [5.41, 5.74) is 4.95. The standard InChI is InChI=1S/C24H32N4O2S/c1-4-27-10-12-28(13-11-27)21-8-9-22(19(3)15-21)26-24(30)17-31-16-23(29)25-20-7-5-6-18(2)14-20/h5-9,14-15H,4,10-13,16-17H2,1-3H3,(H,25,29)(H,26,30). The van der Waals surface area contributed by atoms with Gasteiger partial charge in [0.25, 0.3) is 0 Å². The highest BCUT2D eigenvalue weighted by atomic mass is 32.2. The summed E-state index contributed by atoms with van der Waals surface area (Å²) in [7, 11) is 0. The number of likely N-dealkylation sites (N-methyl/N-ethyl adjacent to an activating group) is 1. The van der Waals surface area contributed by atoms with Crippen LogP contribution in [0.1, 0.15) is 18.1 Å². The van der Waals surface area contributed by atoms with Gasteiger partial charge in [-0.15, -0.1) is 11.8 Å². The number of piperazine rings is 1. The van der Waals surface area contributed by atoms with Crippen molar-refractivity contribution in [1.82, 2.24) is 4.90 Å². The van der Waals surface area contributed by atoms with E-state index in [0.717, 1.165) is 55.2 Å². The van der Waals surface area contributed by atoms with Gasteiger partial charge >= 0.3 is 0 Å². The van der Waals surface area contributed by atoms with Crippen molar-refractivity contribution in [2.24, 2.45) is 0 Å². The van der Waals surface area contributed by atoms with Crippen LogP contribution in [0.2, 0.25) is 0 Å². The van der Waals surface area contributed by atoms with Gasteiger partial charge in [0.05, 0.1) is 11.5 Å². The number of rotatable bonds is 8. The Bertz CT molecular complexity index is 910. The molecule has 0 saturated carbocycles. The topological polar surface area (TPSA) is 64.7 Å². The van der Waals surface area contributed by atoms with Gasteiger partial charge in [0.1, 0.15) is 0 Å². The molecular weight excluding hydrogens is 408 g/mol. The lowest BCUT2D eigenvalue weighted by Gasteiger charge is -2.35. The lowest BCUT2D eigenvalue weighted by atomic mass is 10.1. The molecule has 31 heavy (non-hydrogen) atoms. The molecule has 1 fully saturated rings. The summed E-state index contributed by atoms with van der Waals surface area (Å²) in [6.45, 7) is 11.5. The molecule has 3 rings (SSSR count). The van der Waals surface area contributed by atoms with Gasteiger partial charge in [0.2, 0.25) is 11.8 Å². The molecule has 0 bridgehead atoms. The maximum Gasteiger partial charge on any atom is 0.234 e. The number of anilines is 3. The summed E-state index contributed by atoms with van der Waals surface area (Å²) >= 11 is 1.31. The van der Waals surface area contributed by atoms with E-state index in [1.807, 2.05) is 44.2 Å². The van der Waals surface area contributed by atoms with Gasteiger partial charge in [-0.2, -0.15) is 0 Å². The van der Waals surface area contributed by atoms with Crippen molar-refractivity contribution in [3.8, 4) is 0 Å². The molecule has 6 nitrogen and oxygen atoms in total. The summed E-state index contributed by atoms with van der Waals surface area (Å²) in [5.74, 6) is 0.276. The first kappa shape index (κ1) is 23.2. The smallest absolute Gasteiger partial charge is 0.234 e. The average Bonchev–Trinajstić information content (AvgIpc) is 2.75. The van der Waals surface area contributed by atoms with Crippen molar-refractivity contribution in [2.45, 2.75) is 20.8 Å². The third-order valence-electron chi connectivity index (χ3n) is 5.44. The van der Waals surface area contributed by atoms with E-state index in [9.17, 15) is 9.59 Å². The van der Waals surface area contributed by atoms with Crippen molar-refractivity contribution in [3.63, 3.8) is 0 Å². The van der Waals surface area contributed by atoms with Crippen molar-refractivity contribution in [2.75, 3.05) is 59.8 Å². The Morgan fingerprint density at radius 1 is 0.935 bits per heavy atom. The van der Waals surface area contributed by atoms with Gasteiger partial charge in [-0.3, -0.25) is 9.59 Å². The maximum absolute atomic E-state index is 12.3. The second-order valence-corrected chi connectivity index (χ2v) is 8.86. The van der Waals surface area contributed by atoms with E-state index in [1.54, 1.807) is 0 Å². The van der Waals surface area contributed by atoms with Gasteiger partial charge in [0.15, 0.2) is 0 Å². The Kier molecular flexibility index (Phi) is 8.37. The number of carbonyl (C=O) groups excluding carboxylic acids is 2. The second-order valence-electron chi connectivity index (χ2n) is 7.88. The maximum atomic E-state index is 12.3. The van der Waals surface area contributed by atoms with Crippen LogP contribution in [-0.2, 0) is 9.59 Å². The third kappa shape index (κ3) is 7.01. The third-order valence-corrected chi connectivity index (χ3v) is 6.37. The SMILES string of the molecule is CCN1CCN(c2ccc(NC(=O)CSCC(=O)Nc3cccc(C)c3)c(C)c2)CC1. The predicted molar refractivity (Wildman–Crippen MR) is 131 cm³/mol. The summed E-state index contributed by atoms with van der Waals surface area (Å²) in [4.78, 5) is 29.3. The molecular formula is C24H32N4O2S. The molecule has 0 aromatic heterocycles. The summed E-state index contributed by atoms with van der Waals surface area (Å²) < 4.78 is 0. The van der Waals surface area contributed by atoms with E-state index in [4.69, 9.17) is 0 Å². The zero-order valence-electron chi connectivity index (χ0n) is 18.6. The van der Waals surface area contributed by atoms with Crippen molar-refractivity contribution >= 4 is 40.6 Å². The normalized spacial score (nSPS) is 14.4. The Balaban J connectivity index is 1.43. The molecule has 2 amide bonds. The molecule has 0 spiro atoms. The summed E-state index contributed by atoms with van der Waals surface area (Å²) in [6, 6.07) is 13.9. The second kappa shape index (κ2) is 11.2. The molecule has 2 aromatic rings. The van der Waals surface area contributed by atoms with Crippen LogP contribution >= 0.6 is 11.8 Å². The molecule has 7 heteroatoms. The van der Waals surface area contributed by atoms with Crippen LogP contribution in [0.4, 0.5) is 17.1 Å². The minimum absolute atomic E-state index is 0.0965. The number of hydrogen-bond donors (Lipinski definition) is 2. The Labute approximate surface area is 189 Å². The van der Waals surface area contributed by atoms with E-state index in [2.05, 4.69) is 39.5 Å². The van der Waals surface area contributed by atoms with Gasteiger partial charge in [-0.1, -0.05) is 19.1 Å². The lowest BCUT2D eigenvalue weighted by molar-refractivity contribution is -0.114. The average molecular weight is 441 g/mol. The first-order valence-electron chi connectivity index (χ1n) is 10.8. The van der Waals surface area contributed by atoms with Crippen molar-refractivity contribution in [3.05, 3.63) is 53.6 Å². The highest BCUT2D eigenvalue weighted by molar-refractivity contribution is 8.00. The summed E-state index contributed by atoms with van der Waals surface area (Å²) in [6.07, 6.45) is 0. The molecule has 2 aromatic carbocycles. The van der Waals surface area contributed by atoms with Crippen LogP contribution in [0, 0.1) is 13.8 Å². The van der Waals surface area contributed by atoms with Crippen LogP contribution in [-0.4, -0.2) is 60.9 Å². The van der Waals surface area contributed by atoms with Crippen LogP contribution in [0.25, 0.3) is 0 Å². The minimum atomic E-state index is -0.105. The van der Waals surface area contributed by atoms with Gasteiger partial charge < -0.3 is 20.4 Å². The lowest BCUT2D eigenvalue weighted by Crippen LogP contribution is -2.46. The molecule has 0 atom stereocenters.